The second kappa shape index (κ2) is 4.48. The molecular weight excluding hydrogens is 246 g/mol. The summed E-state index contributed by atoms with van der Waals surface area (Å²) < 4.78 is 0. The summed E-state index contributed by atoms with van der Waals surface area (Å²) in [4.78, 5) is 10.9. The quantitative estimate of drug-likeness (QED) is 0.870. The third kappa shape index (κ3) is 2.20. The van der Waals surface area contributed by atoms with Crippen molar-refractivity contribution >= 4 is 27.4 Å². The number of aliphatic hydroxyl groups is 1. The number of aliphatic hydroxyl groups excluding tert-OH is 1. The maximum absolute atomic E-state index is 9.06. The number of nitrogens with zero attached hydrogens (tertiary/aromatic N) is 2. The number of aromatic nitrogens is 2. The van der Waals surface area contributed by atoms with Crippen LogP contribution in [0, 0.1) is 12.3 Å². The fraction of sp³-hybridized carbons (Fsp3) is 0.538. The highest BCUT2D eigenvalue weighted by Crippen LogP contribution is 2.48. The van der Waals surface area contributed by atoms with Gasteiger partial charge in [0.25, 0.3) is 0 Å². The predicted octanol–water partition coefficient (Wildman–Crippen LogP) is 2.57. The minimum absolute atomic E-state index is 0.276. The lowest BCUT2D eigenvalue weighted by molar-refractivity contribution is 0.253. The Balaban J connectivity index is 1.78. The molecule has 96 valence electrons. The molecule has 0 spiro atoms. The highest BCUT2D eigenvalue weighted by atomic mass is 32.1. The summed E-state index contributed by atoms with van der Waals surface area (Å²) in [5, 5.41) is 13.6. The summed E-state index contributed by atoms with van der Waals surface area (Å²) in [6, 6.07) is 2.13. The van der Waals surface area contributed by atoms with Crippen LogP contribution in [0.25, 0.3) is 10.2 Å². The first-order valence-electron chi connectivity index (χ1n) is 6.28. The van der Waals surface area contributed by atoms with E-state index in [1.807, 2.05) is 0 Å². The first-order chi connectivity index (χ1) is 8.72. The van der Waals surface area contributed by atoms with Crippen LogP contribution in [0.1, 0.15) is 24.1 Å². The van der Waals surface area contributed by atoms with Gasteiger partial charge in [0, 0.05) is 18.0 Å². The van der Waals surface area contributed by atoms with Crippen molar-refractivity contribution in [2.75, 3.05) is 18.5 Å². The van der Waals surface area contributed by atoms with E-state index in [0.717, 1.165) is 29.0 Å². The van der Waals surface area contributed by atoms with E-state index in [0.29, 0.717) is 5.41 Å². The molecule has 4 nitrogen and oxygen atoms in total. The molecule has 0 unspecified atom stereocenters. The topological polar surface area (TPSA) is 58.0 Å². The third-order valence-corrected chi connectivity index (χ3v) is 4.64. The Bertz CT molecular complexity index is 562. The van der Waals surface area contributed by atoms with Crippen molar-refractivity contribution in [2.24, 2.45) is 5.41 Å². The van der Waals surface area contributed by atoms with Gasteiger partial charge in [-0.05, 0) is 37.7 Å². The Hall–Kier alpha value is -1.20. The zero-order chi connectivity index (χ0) is 12.6. The molecule has 1 aliphatic rings. The highest BCUT2D eigenvalue weighted by molar-refractivity contribution is 7.18. The molecule has 0 bridgehead atoms. The van der Waals surface area contributed by atoms with Gasteiger partial charge in [0.05, 0.1) is 5.39 Å². The van der Waals surface area contributed by atoms with Gasteiger partial charge in [0.2, 0.25) is 0 Å². The highest BCUT2D eigenvalue weighted by Gasteiger charge is 2.41. The lowest BCUT2D eigenvalue weighted by atomic mass is 10.0. The number of nitrogens with one attached hydrogen (secondary N) is 1. The Morgan fingerprint density at radius 3 is 3.00 bits per heavy atom. The van der Waals surface area contributed by atoms with Gasteiger partial charge in [-0.2, -0.15) is 0 Å². The number of hydrogen-bond acceptors (Lipinski definition) is 5. The van der Waals surface area contributed by atoms with E-state index < -0.39 is 0 Å². The van der Waals surface area contributed by atoms with E-state index in [1.165, 1.54) is 17.7 Å². The van der Waals surface area contributed by atoms with Crippen LogP contribution in [-0.4, -0.2) is 28.2 Å². The van der Waals surface area contributed by atoms with Gasteiger partial charge in [0.1, 0.15) is 17.0 Å². The van der Waals surface area contributed by atoms with Crippen molar-refractivity contribution < 1.29 is 5.11 Å². The van der Waals surface area contributed by atoms with Crippen LogP contribution in [0.3, 0.4) is 0 Å². The van der Waals surface area contributed by atoms with Crippen molar-refractivity contribution in [3.63, 3.8) is 0 Å². The maximum atomic E-state index is 9.06. The molecule has 0 atom stereocenters. The molecular formula is C13H17N3OS. The van der Waals surface area contributed by atoms with Crippen LogP contribution < -0.4 is 5.32 Å². The van der Waals surface area contributed by atoms with E-state index in [2.05, 4.69) is 28.3 Å². The number of hydrogen-bond donors (Lipinski definition) is 2. The Labute approximate surface area is 110 Å². The summed E-state index contributed by atoms with van der Waals surface area (Å²) in [5.41, 5.74) is 0.303. The fourth-order valence-electron chi connectivity index (χ4n) is 2.32. The van der Waals surface area contributed by atoms with Crippen LogP contribution in [0.4, 0.5) is 5.82 Å². The van der Waals surface area contributed by atoms with Crippen LogP contribution in [0.2, 0.25) is 0 Å². The van der Waals surface area contributed by atoms with Crippen molar-refractivity contribution in [3.8, 4) is 0 Å². The molecule has 2 N–H and O–H groups in total. The van der Waals surface area contributed by atoms with Gasteiger partial charge < -0.3 is 10.4 Å². The van der Waals surface area contributed by atoms with Crippen LogP contribution in [0.15, 0.2) is 12.4 Å². The minimum Gasteiger partial charge on any atom is -0.396 e. The number of rotatable bonds is 5. The molecule has 0 amide bonds. The van der Waals surface area contributed by atoms with Crippen molar-refractivity contribution in [1.29, 1.82) is 0 Å². The summed E-state index contributed by atoms with van der Waals surface area (Å²) in [7, 11) is 0. The normalized spacial score (nSPS) is 17.0. The van der Waals surface area contributed by atoms with E-state index >= 15 is 0 Å². The number of anilines is 1. The molecule has 2 heterocycles. The molecule has 0 radical (unpaired) electrons. The van der Waals surface area contributed by atoms with E-state index in [4.69, 9.17) is 5.11 Å². The fourth-order valence-corrected chi connectivity index (χ4v) is 3.16. The largest absolute Gasteiger partial charge is 0.396 e. The van der Waals surface area contributed by atoms with Crippen LogP contribution >= 0.6 is 11.3 Å². The van der Waals surface area contributed by atoms with Crippen LogP contribution in [0.5, 0.6) is 0 Å². The first kappa shape index (κ1) is 11.9. The van der Waals surface area contributed by atoms with E-state index in [-0.39, 0.29) is 6.61 Å². The van der Waals surface area contributed by atoms with Gasteiger partial charge >= 0.3 is 0 Å². The molecule has 0 aliphatic heterocycles. The van der Waals surface area contributed by atoms with E-state index in [1.54, 1.807) is 17.7 Å². The molecule has 0 saturated heterocycles. The van der Waals surface area contributed by atoms with Gasteiger partial charge in [-0.3, -0.25) is 0 Å². The Morgan fingerprint density at radius 2 is 2.28 bits per heavy atom. The SMILES string of the molecule is Cc1cc2c(NCC3(CCO)CC3)ncnc2s1. The zero-order valence-corrected chi connectivity index (χ0v) is 11.3. The lowest BCUT2D eigenvalue weighted by Crippen LogP contribution is -2.17. The Morgan fingerprint density at radius 1 is 1.44 bits per heavy atom. The number of aryl methyl sites for hydroxylation is 1. The average molecular weight is 263 g/mol. The molecule has 2 aromatic rings. The molecule has 0 aromatic carbocycles. The predicted molar refractivity (Wildman–Crippen MR) is 74.0 cm³/mol. The first-order valence-corrected chi connectivity index (χ1v) is 7.10. The van der Waals surface area contributed by atoms with Crippen molar-refractivity contribution in [2.45, 2.75) is 26.2 Å². The monoisotopic (exact) mass is 263 g/mol. The van der Waals surface area contributed by atoms with Gasteiger partial charge in [-0.25, -0.2) is 9.97 Å². The lowest BCUT2D eigenvalue weighted by Gasteiger charge is -2.15. The molecule has 2 aromatic heterocycles. The summed E-state index contributed by atoms with van der Waals surface area (Å²) >= 11 is 1.69. The number of thiophene rings is 1. The third-order valence-electron chi connectivity index (χ3n) is 3.68. The standard InChI is InChI=1S/C13H17N3OS/c1-9-6-10-11(15-8-16-12(10)18-9)14-7-13(2-3-13)4-5-17/h6,8,17H,2-5,7H2,1H3,(H,14,15,16). The Kier molecular flexibility index (Phi) is 2.95. The summed E-state index contributed by atoms with van der Waals surface area (Å²) in [5.74, 6) is 0.925. The minimum atomic E-state index is 0.276. The second-order valence-electron chi connectivity index (χ2n) is 5.13. The number of fused-ring (bicyclic) bond motifs is 1. The molecule has 18 heavy (non-hydrogen) atoms. The van der Waals surface area contributed by atoms with Gasteiger partial charge in [-0.1, -0.05) is 0 Å². The van der Waals surface area contributed by atoms with Gasteiger partial charge in [-0.15, -0.1) is 11.3 Å². The molecule has 5 heteroatoms. The molecule has 1 aliphatic carbocycles. The molecule has 3 rings (SSSR count). The van der Waals surface area contributed by atoms with E-state index in [9.17, 15) is 0 Å². The molecule has 1 fully saturated rings. The molecule has 1 saturated carbocycles. The summed E-state index contributed by atoms with van der Waals surface area (Å²) in [6.45, 7) is 3.26. The average Bonchev–Trinajstić information content (AvgIpc) is 3.00. The van der Waals surface area contributed by atoms with Crippen molar-refractivity contribution in [3.05, 3.63) is 17.3 Å². The summed E-state index contributed by atoms with van der Waals surface area (Å²) in [6.07, 6.45) is 4.91. The maximum Gasteiger partial charge on any atom is 0.138 e. The van der Waals surface area contributed by atoms with Crippen LogP contribution in [-0.2, 0) is 0 Å². The van der Waals surface area contributed by atoms with Gasteiger partial charge in [0.15, 0.2) is 0 Å². The second-order valence-corrected chi connectivity index (χ2v) is 6.36. The smallest absolute Gasteiger partial charge is 0.138 e. The zero-order valence-electron chi connectivity index (χ0n) is 10.4. The van der Waals surface area contributed by atoms with Crippen molar-refractivity contribution in [1.82, 2.24) is 9.97 Å².